The summed E-state index contributed by atoms with van der Waals surface area (Å²) in [5, 5.41) is 7.77. The first-order chi connectivity index (χ1) is 20.8. The molecule has 224 valence electrons. The van der Waals surface area contributed by atoms with Gasteiger partial charge in [-0.1, -0.05) is 48.0 Å². The zero-order chi connectivity index (χ0) is 30.5. The molecule has 1 atom stereocenters. The Morgan fingerprint density at radius 2 is 1.79 bits per heavy atom. The number of likely N-dealkylation sites (N-methyl/N-ethyl adjacent to an activating group) is 1. The van der Waals surface area contributed by atoms with Gasteiger partial charge in [0.2, 0.25) is 11.8 Å². The largest absolute Gasteiger partial charge is 0.497 e. The summed E-state index contributed by atoms with van der Waals surface area (Å²) in [6.45, 7) is 3.07. The maximum absolute atomic E-state index is 14.0. The first-order valence-corrected chi connectivity index (χ1v) is 15.2. The van der Waals surface area contributed by atoms with Gasteiger partial charge in [-0.05, 0) is 51.4 Å². The fourth-order valence-corrected chi connectivity index (χ4v) is 6.32. The summed E-state index contributed by atoms with van der Waals surface area (Å²) < 4.78 is 13.2. The number of anilines is 1. The van der Waals surface area contributed by atoms with Crippen molar-refractivity contribution in [1.29, 1.82) is 0 Å². The normalized spacial score (nSPS) is 14.8. The number of fused-ring (bicyclic) bond motifs is 1. The van der Waals surface area contributed by atoms with Crippen LogP contribution in [0.3, 0.4) is 0 Å². The molecule has 9 nitrogen and oxygen atoms in total. The molecule has 3 aromatic carbocycles. The van der Waals surface area contributed by atoms with Crippen molar-refractivity contribution in [2.75, 3.05) is 58.6 Å². The Kier molecular flexibility index (Phi) is 9.37. The van der Waals surface area contributed by atoms with Gasteiger partial charge in [-0.2, -0.15) is 5.10 Å². The summed E-state index contributed by atoms with van der Waals surface area (Å²) in [6.07, 6.45) is 0. The topological polar surface area (TPSA) is 88.9 Å². The Balaban J connectivity index is 1.76. The SMILES string of the molecule is COc1ccc(OC)c(C2SCC(=O)N(CC(=O)NCCN(C)C)c3c2c(-c2ccccc2)nn3-c2ccc(C)cc2)c1. The summed E-state index contributed by atoms with van der Waals surface area (Å²) in [6, 6.07) is 23.6. The molecule has 0 saturated carbocycles. The number of nitrogens with zero attached hydrogens (tertiary/aromatic N) is 4. The fourth-order valence-electron chi connectivity index (χ4n) is 5.10. The second kappa shape index (κ2) is 13.4. The summed E-state index contributed by atoms with van der Waals surface area (Å²) >= 11 is 1.49. The summed E-state index contributed by atoms with van der Waals surface area (Å²) in [7, 11) is 7.16. The molecule has 1 aromatic heterocycles. The highest BCUT2D eigenvalue weighted by Crippen LogP contribution is 2.51. The maximum atomic E-state index is 14.0. The van der Waals surface area contributed by atoms with Crippen molar-refractivity contribution >= 4 is 29.4 Å². The van der Waals surface area contributed by atoms with E-state index >= 15 is 0 Å². The van der Waals surface area contributed by atoms with E-state index in [-0.39, 0.29) is 29.4 Å². The van der Waals surface area contributed by atoms with Crippen LogP contribution in [-0.2, 0) is 9.59 Å². The van der Waals surface area contributed by atoms with Gasteiger partial charge in [-0.25, -0.2) is 4.68 Å². The number of amides is 2. The maximum Gasteiger partial charge on any atom is 0.240 e. The van der Waals surface area contributed by atoms with Gasteiger partial charge in [0.15, 0.2) is 0 Å². The van der Waals surface area contributed by atoms with Crippen molar-refractivity contribution in [1.82, 2.24) is 20.0 Å². The molecule has 0 aliphatic carbocycles. The fraction of sp³-hybridized carbons (Fsp3) is 0.303. The zero-order valence-electron chi connectivity index (χ0n) is 25.2. The van der Waals surface area contributed by atoms with Crippen molar-refractivity contribution in [2.24, 2.45) is 0 Å². The lowest BCUT2D eigenvalue weighted by molar-refractivity contribution is -0.122. The molecule has 1 aliphatic rings. The minimum atomic E-state index is -0.347. The van der Waals surface area contributed by atoms with E-state index in [1.54, 1.807) is 23.8 Å². The first-order valence-electron chi connectivity index (χ1n) is 14.1. The van der Waals surface area contributed by atoms with E-state index in [9.17, 15) is 9.59 Å². The Bertz CT molecular complexity index is 1590. The van der Waals surface area contributed by atoms with Crippen LogP contribution in [0.4, 0.5) is 5.82 Å². The number of aryl methyl sites for hydroxylation is 1. The van der Waals surface area contributed by atoms with Crippen LogP contribution in [0, 0.1) is 6.92 Å². The molecule has 1 aliphatic heterocycles. The molecule has 1 N–H and O–H groups in total. The predicted molar refractivity (Wildman–Crippen MR) is 172 cm³/mol. The standard InChI is InChI=1S/C33H37N5O4S/c1-22-11-13-24(14-12-22)38-33-30(31(35-38)23-9-7-6-8-10-23)32(26-19-25(41-4)15-16-27(26)42-5)43-21-29(40)37(33)20-28(39)34-17-18-36(2)3/h6-16,19,32H,17-18,20-21H2,1-5H3,(H,34,39). The lowest BCUT2D eigenvalue weighted by Gasteiger charge is -2.24. The summed E-state index contributed by atoms with van der Waals surface area (Å²) in [5.74, 6) is 1.67. The van der Waals surface area contributed by atoms with Crippen LogP contribution in [0.2, 0.25) is 0 Å². The van der Waals surface area contributed by atoms with E-state index in [1.807, 2.05) is 98.7 Å². The molecule has 5 rings (SSSR count). The highest BCUT2D eigenvalue weighted by Gasteiger charge is 2.38. The smallest absolute Gasteiger partial charge is 0.240 e. The third-order valence-corrected chi connectivity index (χ3v) is 8.55. The van der Waals surface area contributed by atoms with E-state index in [0.717, 1.165) is 33.6 Å². The molecule has 0 fully saturated rings. The van der Waals surface area contributed by atoms with E-state index < -0.39 is 0 Å². The van der Waals surface area contributed by atoms with Gasteiger partial charge in [0.05, 0.1) is 36.6 Å². The van der Waals surface area contributed by atoms with Crippen molar-refractivity contribution in [3.8, 4) is 28.4 Å². The molecule has 0 saturated heterocycles. The van der Waals surface area contributed by atoms with Crippen LogP contribution in [0.1, 0.15) is 21.9 Å². The predicted octanol–water partition coefficient (Wildman–Crippen LogP) is 4.71. The number of carbonyl (C=O) groups excluding carboxylic acids is 2. The van der Waals surface area contributed by atoms with Crippen molar-refractivity contribution in [2.45, 2.75) is 12.2 Å². The number of hydrogen-bond acceptors (Lipinski definition) is 7. The molecule has 2 amide bonds. The van der Waals surface area contributed by atoms with Crippen LogP contribution in [0.5, 0.6) is 11.5 Å². The molecule has 0 bridgehead atoms. The monoisotopic (exact) mass is 599 g/mol. The highest BCUT2D eigenvalue weighted by atomic mass is 32.2. The lowest BCUT2D eigenvalue weighted by Crippen LogP contribution is -2.43. The number of hydrogen-bond donors (Lipinski definition) is 1. The quantitative estimate of drug-likeness (QED) is 0.282. The van der Waals surface area contributed by atoms with E-state index in [1.165, 1.54) is 11.8 Å². The van der Waals surface area contributed by atoms with Crippen molar-refractivity contribution in [3.05, 3.63) is 89.5 Å². The second-order valence-electron chi connectivity index (χ2n) is 10.6. The van der Waals surface area contributed by atoms with Crippen LogP contribution >= 0.6 is 11.8 Å². The van der Waals surface area contributed by atoms with Gasteiger partial charge in [0.25, 0.3) is 0 Å². The van der Waals surface area contributed by atoms with Crippen molar-refractivity contribution < 1.29 is 19.1 Å². The number of ether oxygens (including phenoxy) is 2. The van der Waals surface area contributed by atoms with E-state index in [0.29, 0.717) is 30.4 Å². The zero-order valence-corrected chi connectivity index (χ0v) is 26.0. The molecular weight excluding hydrogens is 562 g/mol. The molecule has 43 heavy (non-hydrogen) atoms. The average Bonchev–Trinajstić information content (AvgIpc) is 3.34. The lowest BCUT2D eigenvalue weighted by atomic mass is 9.98. The van der Waals surface area contributed by atoms with Gasteiger partial charge in [0.1, 0.15) is 23.9 Å². The Morgan fingerprint density at radius 1 is 1.05 bits per heavy atom. The molecular formula is C33H37N5O4S. The number of aromatic nitrogens is 2. The second-order valence-corrected chi connectivity index (χ2v) is 11.7. The average molecular weight is 600 g/mol. The van der Waals surface area contributed by atoms with Gasteiger partial charge in [0, 0.05) is 29.8 Å². The molecule has 2 heterocycles. The van der Waals surface area contributed by atoms with Gasteiger partial charge >= 0.3 is 0 Å². The third-order valence-electron chi connectivity index (χ3n) is 7.32. The number of thioether (sulfide) groups is 1. The van der Waals surface area contributed by atoms with E-state index in [4.69, 9.17) is 14.6 Å². The van der Waals surface area contributed by atoms with Crippen LogP contribution in [0.25, 0.3) is 16.9 Å². The first kappa shape index (κ1) is 30.2. The third kappa shape index (κ3) is 6.55. The molecule has 1 unspecified atom stereocenters. The van der Waals surface area contributed by atoms with Gasteiger partial charge in [-0.15, -0.1) is 11.8 Å². The number of nitrogens with one attached hydrogen (secondary N) is 1. The minimum absolute atomic E-state index is 0.131. The van der Waals surface area contributed by atoms with Crippen LogP contribution < -0.4 is 19.7 Å². The number of rotatable bonds is 10. The van der Waals surface area contributed by atoms with Crippen LogP contribution in [0.15, 0.2) is 72.8 Å². The van der Waals surface area contributed by atoms with Crippen molar-refractivity contribution in [3.63, 3.8) is 0 Å². The number of benzene rings is 3. The van der Waals surface area contributed by atoms with Gasteiger partial charge in [-0.3, -0.25) is 14.5 Å². The highest BCUT2D eigenvalue weighted by molar-refractivity contribution is 8.00. The van der Waals surface area contributed by atoms with E-state index in [2.05, 4.69) is 5.32 Å². The minimum Gasteiger partial charge on any atom is -0.497 e. The molecule has 10 heteroatoms. The molecule has 0 spiro atoms. The number of carbonyl (C=O) groups is 2. The number of methoxy groups -OCH3 is 2. The molecule has 0 radical (unpaired) electrons. The Hall–Kier alpha value is -4.28. The summed E-state index contributed by atoms with van der Waals surface area (Å²) in [5.41, 5.74) is 5.22. The molecule has 4 aromatic rings. The summed E-state index contributed by atoms with van der Waals surface area (Å²) in [4.78, 5) is 30.8. The Morgan fingerprint density at radius 3 is 2.47 bits per heavy atom. The van der Waals surface area contributed by atoms with Gasteiger partial charge < -0.3 is 19.7 Å². The van der Waals surface area contributed by atoms with Crippen LogP contribution in [-0.4, -0.2) is 80.2 Å². The Labute approximate surface area is 256 Å².